The van der Waals surface area contributed by atoms with Gasteiger partial charge in [-0.2, -0.15) is 0 Å². The van der Waals surface area contributed by atoms with E-state index in [4.69, 9.17) is 9.47 Å². The molecule has 0 aromatic carbocycles. The standard InChI is InChI=1S/C8H16NO2/c1-3-5-9(4-2)8-10-6-7-11-8/h3-7H2,1-2H3. The van der Waals surface area contributed by atoms with Gasteiger partial charge >= 0.3 is 6.41 Å². The normalized spacial score (nSPS) is 19.9. The zero-order valence-electron chi connectivity index (χ0n) is 7.30. The largest absolute Gasteiger partial charge is 0.329 e. The van der Waals surface area contributed by atoms with Crippen molar-refractivity contribution in [2.75, 3.05) is 26.3 Å². The molecule has 0 aliphatic carbocycles. The first-order valence-electron chi connectivity index (χ1n) is 4.26. The fourth-order valence-corrected chi connectivity index (χ4v) is 1.13. The molecule has 65 valence electrons. The summed E-state index contributed by atoms with van der Waals surface area (Å²) in [5, 5.41) is 0. The first-order valence-corrected chi connectivity index (χ1v) is 4.26. The maximum absolute atomic E-state index is 5.28. The van der Waals surface area contributed by atoms with Crippen LogP contribution < -0.4 is 0 Å². The van der Waals surface area contributed by atoms with Gasteiger partial charge in [0, 0.05) is 13.1 Å². The van der Waals surface area contributed by atoms with Crippen molar-refractivity contribution in [3.8, 4) is 0 Å². The topological polar surface area (TPSA) is 21.7 Å². The third-order valence-corrected chi connectivity index (χ3v) is 1.67. The van der Waals surface area contributed by atoms with Gasteiger partial charge in [-0.25, -0.2) is 4.90 Å². The van der Waals surface area contributed by atoms with E-state index in [9.17, 15) is 0 Å². The van der Waals surface area contributed by atoms with Gasteiger partial charge in [0.1, 0.15) is 0 Å². The van der Waals surface area contributed by atoms with Gasteiger partial charge in [0.05, 0.1) is 13.2 Å². The van der Waals surface area contributed by atoms with Gasteiger partial charge in [0.2, 0.25) is 0 Å². The molecule has 0 bridgehead atoms. The Kier molecular flexibility index (Phi) is 3.83. The van der Waals surface area contributed by atoms with Crippen molar-refractivity contribution in [2.45, 2.75) is 20.3 Å². The Balaban J connectivity index is 2.27. The summed E-state index contributed by atoms with van der Waals surface area (Å²) < 4.78 is 10.6. The van der Waals surface area contributed by atoms with Crippen LogP contribution in [0.5, 0.6) is 0 Å². The first kappa shape index (κ1) is 8.97. The summed E-state index contributed by atoms with van der Waals surface area (Å²) in [6, 6.07) is 0. The lowest BCUT2D eigenvalue weighted by molar-refractivity contribution is -0.0403. The van der Waals surface area contributed by atoms with Crippen LogP contribution in [0.3, 0.4) is 0 Å². The lowest BCUT2D eigenvalue weighted by Crippen LogP contribution is -2.29. The van der Waals surface area contributed by atoms with Crippen molar-refractivity contribution >= 4 is 0 Å². The molecule has 1 aliphatic rings. The molecule has 0 N–H and O–H groups in total. The Hall–Kier alpha value is -0.120. The highest BCUT2D eigenvalue weighted by Crippen LogP contribution is 2.16. The molecule has 3 nitrogen and oxygen atoms in total. The highest BCUT2D eigenvalue weighted by atomic mass is 16.7. The Morgan fingerprint density at radius 3 is 2.36 bits per heavy atom. The Morgan fingerprint density at radius 2 is 1.91 bits per heavy atom. The summed E-state index contributed by atoms with van der Waals surface area (Å²) in [6.07, 6.45) is 1.85. The second-order valence-corrected chi connectivity index (χ2v) is 2.54. The molecule has 1 saturated heterocycles. The zero-order chi connectivity index (χ0) is 8.10. The van der Waals surface area contributed by atoms with E-state index in [0.717, 1.165) is 19.5 Å². The maximum atomic E-state index is 5.28. The smallest absolute Gasteiger partial charge is 0.303 e. The lowest BCUT2D eigenvalue weighted by atomic mass is 10.4. The van der Waals surface area contributed by atoms with Gasteiger partial charge in [-0.3, -0.25) is 0 Å². The maximum Gasteiger partial charge on any atom is 0.303 e. The molecule has 1 fully saturated rings. The van der Waals surface area contributed by atoms with Gasteiger partial charge in [0.15, 0.2) is 0 Å². The van der Waals surface area contributed by atoms with Crippen LogP contribution in [0.15, 0.2) is 0 Å². The number of nitrogens with zero attached hydrogens (tertiary/aromatic N) is 1. The Labute approximate surface area is 68.3 Å². The summed E-state index contributed by atoms with van der Waals surface area (Å²) in [5.41, 5.74) is 0. The SMILES string of the molecule is CCCN(CC)[C]1OCCO1. The molecule has 11 heavy (non-hydrogen) atoms. The molecule has 3 heteroatoms. The summed E-state index contributed by atoms with van der Waals surface area (Å²) in [7, 11) is 0. The van der Waals surface area contributed by atoms with Crippen LogP contribution in [0.1, 0.15) is 20.3 Å². The number of rotatable bonds is 4. The van der Waals surface area contributed by atoms with Crippen LogP contribution in [-0.4, -0.2) is 31.2 Å². The number of hydrogen-bond acceptors (Lipinski definition) is 3. The molecule has 0 saturated carbocycles. The third kappa shape index (κ3) is 2.43. The van der Waals surface area contributed by atoms with Crippen molar-refractivity contribution in [2.24, 2.45) is 0 Å². The first-order chi connectivity index (χ1) is 5.38. The zero-order valence-corrected chi connectivity index (χ0v) is 7.30. The van der Waals surface area contributed by atoms with Crippen LogP contribution in [0.4, 0.5) is 0 Å². The third-order valence-electron chi connectivity index (χ3n) is 1.67. The van der Waals surface area contributed by atoms with Crippen molar-refractivity contribution in [1.29, 1.82) is 0 Å². The number of hydrogen-bond donors (Lipinski definition) is 0. The minimum atomic E-state index is 0.704. The van der Waals surface area contributed by atoms with Crippen molar-refractivity contribution in [3.63, 3.8) is 0 Å². The fraction of sp³-hybridized carbons (Fsp3) is 0.875. The molecule has 1 rings (SSSR count). The number of ether oxygens (including phenoxy) is 2. The van der Waals surface area contributed by atoms with E-state index in [1.54, 1.807) is 0 Å². The van der Waals surface area contributed by atoms with Crippen molar-refractivity contribution in [3.05, 3.63) is 6.41 Å². The predicted molar refractivity (Wildman–Crippen MR) is 42.7 cm³/mol. The minimum absolute atomic E-state index is 0.704. The molecular formula is C8H16NO2. The van der Waals surface area contributed by atoms with Crippen LogP contribution >= 0.6 is 0 Å². The van der Waals surface area contributed by atoms with Crippen LogP contribution in [-0.2, 0) is 9.47 Å². The highest BCUT2D eigenvalue weighted by molar-refractivity contribution is 4.71. The van der Waals surface area contributed by atoms with E-state index in [2.05, 4.69) is 18.7 Å². The molecule has 0 spiro atoms. The van der Waals surface area contributed by atoms with Gasteiger partial charge < -0.3 is 9.47 Å². The van der Waals surface area contributed by atoms with Crippen LogP contribution in [0, 0.1) is 6.41 Å². The Morgan fingerprint density at radius 1 is 1.27 bits per heavy atom. The molecule has 0 unspecified atom stereocenters. The summed E-state index contributed by atoms with van der Waals surface area (Å²) in [5.74, 6) is 0. The van der Waals surface area contributed by atoms with Crippen molar-refractivity contribution in [1.82, 2.24) is 4.90 Å². The molecular weight excluding hydrogens is 142 g/mol. The predicted octanol–water partition coefficient (Wildman–Crippen LogP) is 1.21. The second kappa shape index (κ2) is 4.70. The quantitative estimate of drug-likeness (QED) is 0.614. The average molecular weight is 158 g/mol. The second-order valence-electron chi connectivity index (χ2n) is 2.54. The van der Waals surface area contributed by atoms with Gasteiger partial charge in [-0.15, -0.1) is 0 Å². The van der Waals surface area contributed by atoms with Gasteiger partial charge in [-0.05, 0) is 6.42 Å². The average Bonchev–Trinajstić information content (AvgIpc) is 2.52. The monoisotopic (exact) mass is 158 g/mol. The van der Waals surface area contributed by atoms with E-state index >= 15 is 0 Å². The molecule has 0 amide bonds. The highest BCUT2D eigenvalue weighted by Gasteiger charge is 2.24. The minimum Gasteiger partial charge on any atom is -0.329 e. The Bertz CT molecular complexity index is 102. The summed E-state index contributed by atoms with van der Waals surface area (Å²) >= 11 is 0. The van der Waals surface area contributed by atoms with E-state index in [-0.39, 0.29) is 0 Å². The molecule has 0 aromatic rings. The van der Waals surface area contributed by atoms with Crippen molar-refractivity contribution < 1.29 is 9.47 Å². The molecule has 1 radical (unpaired) electrons. The van der Waals surface area contributed by atoms with E-state index < -0.39 is 0 Å². The molecule has 1 aliphatic heterocycles. The molecule has 0 aromatic heterocycles. The van der Waals surface area contributed by atoms with E-state index in [1.807, 2.05) is 0 Å². The van der Waals surface area contributed by atoms with E-state index in [0.29, 0.717) is 19.6 Å². The van der Waals surface area contributed by atoms with Gasteiger partial charge in [0.25, 0.3) is 0 Å². The van der Waals surface area contributed by atoms with Crippen LogP contribution in [0.2, 0.25) is 0 Å². The van der Waals surface area contributed by atoms with Gasteiger partial charge in [-0.1, -0.05) is 13.8 Å². The van der Waals surface area contributed by atoms with Crippen LogP contribution in [0.25, 0.3) is 0 Å². The summed E-state index contributed by atoms with van der Waals surface area (Å²) in [4.78, 5) is 2.12. The summed E-state index contributed by atoms with van der Waals surface area (Å²) in [6.45, 7) is 7.64. The lowest BCUT2D eigenvalue weighted by Gasteiger charge is -2.22. The molecule has 0 atom stereocenters. The van der Waals surface area contributed by atoms with E-state index in [1.165, 1.54) is 0 Å². The molecule has 1 heterocycles. The fourth-order valence-electron chi connectivity index (χ4n) is 1.13.